The van der Waals surface area contributed by atoms with Gasteiger partial charge in [0.1, 0.15) is 5.69 Å². The van der Waals surface area contributed by atoms with Gasteiger partial charge in [-0.15, -0.1) is 0 Å². The highest BCUT2D eigenvalue weighted by molar-refractivity contribution is 6.36. The molecule has 3 nitrogen and oxygen atoms in total. The molecule has 0 saturated heterocycles. The molecule has 0 bridgehead atoms. The maximum Gasteiger partial charge on any atom is 0.307 e. The zero-order valence-corrected chi connectivity index (χ0v) is 11.0. The molecule has 0 aliphatic heterocycles. The van der Waals surface area contributed by atoms with Crippen LogP contribution in [0.3, 0.4) is 0 Å². The van der Waals surface area contributed by atoms with Gasteiger partial charge >= 0.3 is 5.97 Å². The van der Waals surface area contributed by atoms with Gasteiger partial charge in [0.15, 0.2) is 5.82 Å². The molecule has 1 aromatic carbocycles. The van der Waals surface area contributed by atoms with Crippen LogP contribution in [0.15, 0.2) is 30.5 Å². The molecular weight excluding hydrogens is 292 g/mol. The summed E-state index contributed by atoms with van der Waals surface area (Å²) in [6.07, 6.45) is 0.939. The number of hydrogen-bond acceptors (Lipinski definition) is 2. The Balaban J connectivity index is 2.53. The predicted molar refractivity (Wildman–Crippen MR) is 71.0 cm³/mol. The van der Waals surface area contributed by atoms with Gasteiger partial charge in [-0.2, -0.15) is 0 Å². The van der Waals surface area contributed by atoms with Crippen LogP contribution in [-0.4, -0.2) is 16.1 Å². The van der Waals surface area contributed by atoms with E-state index in [0.29, 0.717) is 10.6 Å². The first-order chi connectivity index (χ1) is 8.99. The second-order valence-electron chi connectivity index (χ2n) is 3.83. The van der Waals surface area contributed by atoms with Crippen molar-refractivity contribution in [3.8, 4) is 11.3 Å². The number of aliphatic carboxylic acids is 1. The Morgan fingerprint density at radius 2 is 2.05 bits per heavy atom. The summed E-state index contributed by atoms with van der Waals surface area (Å²) in [7, 11) is 0. The smallest absolute Gasteiger partial charge is 0.307 e. The second-order valence-corrected chi connectivity index (χ2v) is 4.67. The zero-order chi connectivity index (χ0) is 14.0. The first kappa shape index (κ1) is 13.8. The van der Waals surface area contributed by atoms with Gasteiger partial charge < -0.3 is 5.11 Å². The third kappa shape index (κ3) is 3.03. The average molecular weight is 300 g/mol. The van der Waals surface area contributed by atoms with Crippen molar-refractivity contribution in [3.63, 3.8) is 0 Å². The van der Waals surface area contributed by atoms with Crippen molar-refractivity contribution in [1.29, 1.82) is 0 Å². The Bertz CT molecular complexity index is 647. The van der Waals surface area contributed by atoms with Crippen molar-refractivity contribution in [2.45, 2.75) is 6.42 Å². The van der Waals surface area contributed by atoms with Crippen LogP contribution in [0.1, 0.15) is 5.56 Å². The van der Waals surface area contributed by atoms with Gasteiger partial charge in [-0.05, 0) is 24.3 Å². The van der Waals surface area contributed by atoms with E-state index in [4.69, 9.17) is 28.3 Å². The first-order valence-corrected chi connectivity index (χ1v) is 6.05. The Morgan fingerprint density at radius 3 is 2.68 bits per heavy atom. The van der Waals surface area contributed by atoms with Crippen LogP contribution in [0.25, 0.3) is 11.3 Å². The number of benzene rings is 1. The highest BCUT2D eigenvalue weighted by atomic mass is 35.5. The fourth-order valence-corrected chi connectivity index (χ4v) is 2.15. The lowest BCUT2D eigenvalue weighted by Crippen LogP contribution is -2.04. The van der Waals surface area contributed by atoms with Crippen LogP contribution in [0.2, 0.25) is 10.0 Å². The molecule has 1 N–H and O–H groups in total. The Hall–Kier alpha value is -1.65. The van der Waals surface area contributed by atoms with Crippen molar-refractivity contribution in [2.24, 2.45) is 0 Å². The van der Waals surface area contributed by atoms with E-state index >= 15 is 0 Å². The molecule has 0 fully saturated rings. The maximum absolute atomic E-state index is 14.2. The average Bonchev–Trinajstić information content (AvgIpc) is 2.32. The van der Waals surface area contributed by atoms with Crippen LogP contribution in [0, 0.1) is 5.82 Å². The lowest BCUT2D eigenvalue weighted by Gasteiger charge is -2.08. The van der Waals surface area contributed by atoms with Crippen molar-refractivity contribution >= 4 is 29.2 Å². The minimum absolute atomic E-state index is 0.0143. The third-order valence-electron chi connectivity index (χ3n) is 2.50. The molecule has 0 amide bonds. The highest BCUT2D eigenvalue weighted by Crippen LogP contribution is 2.31. The topological polar surface area (TPSA) is 50.2 Å². The number of aromatic nitrogens is 1. The summed E-state index contributed by atoms with van der Waals surface area (Å²) in [5.74, 6) is -1.80. The van der Waals surface area contributed by atoms with Gasteiger partial charge in [-0.25, -0.2) is 4.39 Å². The van der Waals surface area contributed by atoms with Crippen LogP contribution < -0.4 is 0 Å². The van der Waals surface area contributed by atoms with Crippen LogP contribution >= 0.6 is 23.2 Å². The molecule has 2 aromatic rings. The summed E-state index contributed by atoms with van der Waals surface area (Å²) in [6, 6.07) is 5.91. The number of carboxylic acids is 1. The molecule has 0 atom stereocenters. The fraction of sp³-hybridized carbons (Fsp3) is 0.0769. The van der Waals surface area contributed by atoms with Gasteiger partial charge in [-0.1, -0.05) is 23.2 Å². The third-order valence-corrected chi connectivity index (χ3v) is 3.04. The quantitative estimate of drug-likeness (QED) is 0.937. The first-order valence-electron chi connectivity index (χ1n) is 5.29. The van der Waals surface area contributed by atoms with Crippen LogP contribution in [0.5, 0.6) is 0 Å². The molecule has 0 aliphatic carbocycles. The van der Waals surface area contributed by atoms with E-state index in [9.17, 15) is 9.18 Å². The monoisotopic (exact) mass is 299 g/mol. The Labute approximate surface area is 118 Å². The molecule has 19 heavy (non-hydrogen) atoms. The number of rotatable bonds is 3. The van der Waals surface area contributed by atoms with E-state index in [1.165, 1.54) is 18.3 Å². The predicted octanol–water partition coefficient (Wildman–Crippen LogP) is 3.82. The summed E-state index contributed by atoms with van der Waals surface area (Å²) in [4.78, 5) is 14.6. The van der Waals surface area contributed by atoms with E-state index in [2.05, 4.69) is 4.98 Å². The van der Waals surface area contributed by atoms with Gasteiger partial charge in [0, 0.05) is 22.3 Å². The standard InChI is InChI=1S/C13H8Cl2FNO2/c14-8-1-2-9(10(15)6-8)13-12(16)7(3-4-17-13)5-11(18)19/h1-4,6H,5H2,(H,18,19). The molecular formula is C13H8Cl2FNO2. The van der Waals surface area contributed by atoms with E-state index in [-0.39, 0.29) is 16.3 Å². The molecule has 0 saturated carbocycles. The Morgan fingerprint density at radius 1 is 1.32 bits per heavy atom. The van der Waals surface area contributed by atoms with E-state index < -0.39 is 18.2 Å². The van der Waals surface area contributed by atoms with Crippen LogP contribution in [0.4, 0.5) is 4.39 Å². The molecule has 98 valence electrons. The number of halogens is 3. The van der Waals surface area contributed by atoms with Gasteiger partial charge in [0.05, 0.1) is 11.4 Å². The number of nitrogens with zero attached hydrogens (tertiary/aromatic N) is 1. The minimum Gasteiger partial charge on any atom is -0.481 e. The maximum atomic E-state index is 14.2. The Kier molecular flexibility index (Phi) is 4.02. The summed E-state index contributed by atoms with van der Waals surface area (Å²) in [6.45, 7) is 0. The molecule has 6 heteroatoms. The highest BCUT2D eigenvalue weighted by Gasteiger charge is 2.15. The van der Waals surface area contributed by atoms with E-state index in [1.807, 2.05) is 0 Å². The summed E-state index contributed by atoms with van der Waals surface area (Å²) in [5, 5.41) is 9.40. The number of pyridine rings is 1. The molecule has 1 aromatic heterocycles. The second kappa shape index (κ2) is 5.55. The molecule has 0 spiro atoms. The van der Waals surface area contributed by atoms with E-state index in [1.54, 1.807) is 12.1 Å². The van der Waals surface area contributed by atoms with Crippen LogP contribution in [-0.2, 0) is 11.2 Å². The fourth-order valence-electron chi connectivity index (χ4n) is 1.65. The normalized spacial score (nSPS) is 10.5. The van der Waals surface area contributed by atoms with Gasteiger partial charge in [0.2, 0.25) is 0 Å². The summed E-state index contributed by atoms with van der Waals surface area (Å²) in [5.41, 5.74) is 0.444. The molecule has 0 radical (unpaired) electrons. The largest absolute Gasteiger partial charge is 0.481 e. The SMILES string of the molecule is O=C(O)Cc1ccnc(-c2ccc(Cl)cc2Cl)c1F. The summed E-state index contributed by atoms with van der Waals surface area (Å²) >= 11 is 11.8. The summed E-state index contributed by atoms with van der Waals surface area (Å²) < 4.78 is 14.2. The molecule has 1 heterocycles. The van der Waals surface area contributed by atoms with Gasteiger partial charge in [0.25, 0.3) is 0 Å². The van der Waals surface area contributed by atoms with E-state index in [0.717, 1.165) is 0 Å². The lowest BCUT2D eigenvalue weighted by atomic mass is 10.1. The van der Waals surface area contributed by atoms with Crippen molar-refractivity contribution in [3.05, 3.63) is 51.9 Å². The number of carbonyl (C=O) groups is 1. The minimum atomic E-state index is -1.11. The van der Waals surface area contributed by atoms with Crippen molar-refractivity contribution < 1.29 is 14.3 Å². The van der Waals surface area contributed by atoms with Crippen molar-refractivity contribution in [2.75, 3.05) is 0 Å². The number of hydrogen-bond donors (Lipinski definition) is 1. The molecule has 2 rings (SSSR count). The lowest BCUT2D eigenvalue weighted by molar-refractivity contribution is -0.136. The molecule has 0 aliphatic rings. The molecule has 0 unspecified atom stereocenters. The van der Waals surface area contributed by atoms with Crippen molar-refractivity contribution in [1.82, 2.24) is 4.98 Å². The number of carboxylic acid groups (broad SMARTS) is 1. The van der Waals surface area contributed by atoms with Gasteiger partial charge in [-0.3, -0.25) is 9.78 Å². The zero-order valence-electron chi connectivity index (χ0n) is 9.53.